The molecule has 2 N–H and O–H groups in total. The van der Waals surface area contributed by atoms with Gasteiger partial charge in [0.1, 0.15) is 0 Å². The number of anilines is 1. The first-order valence-electron chi connectivity index (χ1n) is 10.1. The van der Waals surface area contributed by atoms with Crippen molar-refractivity contribution in [3.05, 3.63) is 30.3 Å². The lowest BCUT2D eigenvalue weighted by Crippen LogP contribution is -2.39. The van der Waals surface area contributed by atoms with Crippen molar-refractivity contribution in [2.75, 3.05) is 65.1 Å². The molecule has 0 aliphatic heterocycles. The summed E-state index contributed by atoms with van der Waals surface area (Å²) in [6.45, 7) is 7.66. The summed E-state index contributed by atoms with van der Waals surface area (Å²) in [5.41, 5.74) is 1.26. The number of hydrogen-bond donors (Lipinski definition) is 2. The molecule has 0 aliphatic rings. The van der Waals surface area contributed by atoms with E-state index >= 15 is 0 Å². The topological polar surface area (TPSA) is 58.1 Å². The Balaban J connectivity index is 1.97. The van der Waals surface area contributed by atoms with Gasteiger partial charge in [-0.3, -0.25) is 4.99 Å². The molecule has 0 radical (unpaired) electrons. The minimum Gasteiger partial charge on any atom is -0.379 e. The van der Waals surface area contributed by atoms with E-state index in [2.05, 4.69) is 58.8 Å². The van der Waals surface area contributed by atoms with Crippen molar-refractivity contribution in [2.24, 2.45) is 4.99 Å². The number of rotatable bonds is 15. The Labute approximate surface area is 165 Å². The molecule has 0 unspecified atom stereocenters. The molecule has 6 nitrogen and oxygen atoms in total. The lowest BCUT2D eigenvalue weighted by Gasteiger charge is -2.19. The number of ether oxygens (including phenoxy) is 2. The van der Waals surface area contributed by atoms with Gasteiger partial charge in [-0.1, -0.05) is 31.5 Å². The number of benzene rings is 1. The van der Waals surface area contributed by atoms with Gasteiger partial charge >= 0.3 is 0 Å². The third-order valence-electron chi connectivity index (χ3n) is 4.19. The van der Waals surface area contributed by atoms with E-state index in [9.17, 15) is 0 Å². The third kappa shape index (κ3) is 12.3. The Bertz CT molecular complexity index is 482. The van der Waals surface area contributed by atoms with Crippen LogP contribution in [0.15, 0.2) is 35.3 Å². The van der Waals surface area contributed by atoms with Crippen molar-refractivity contribution in [3.63, 3.8) is 0 Å². The van der Waals surface area contributed by atoms with Gasteiger partial charge in [-0.25, -0.2) is 0 Å². The Hall–Kier alpha value is -1.79. The van der Waals surface area contributed by atoms with E-state index in [0.717, 1.165) is 51.5 Å². The van der Waals surface area contributed by atoms with Crippen LogP contribution in [0.2, 0.25) is 0 Å². The fraction of sp³-hybridized carbons (Fsp3) is 0.667. The molecule has 0 saturated carbocycles. The minimum absolute atomic E-state index is 0.645. The molecule has 1 aromatic rings. The Morgan fingerprint density at radius 3 is 2.33 bits per heavy atom. The maximum atomic E-state index is 5.54. The number of aliphatic imine (C=N–C) groups is 1. The molecule has 0 bridgehead atoms. The number of guanidine groups is 1. The minimum atomic E-state index is 0.645. The molecule has 0 atom stereocenters. The zero-order valence-corrected chi connectivity index (χ0v) is 17.4. The predicted octanol–water partition coefficient (Wildman–Crippen LogP) is 2.90. The van der Waals surface area contributed by atoms with Crippen molar-refractivity contribution in [1.29, 1.82) is 0 Å². The van der Waals surface area contributed by atoms with Crippen LogP contribution in [0, 0.1) is 0 Å². The highest BCUT2D eigenvalue weighted by atomic mass is 16.5. The smallest absolute Gasteiger partial charge is 0.191 e. The molecule has 0 saturated heterocycles. The van der Waals surface area contributed by atoms with Crippen LogP contribution in [0.1, 0.15) is 32.6 Å². The van der Waals surface area contributed by atoms with E-state index in [1.54, 1.807) is 7.05 Å². The highest BCUT2D eigenvalue weighted by molar-refractivity contribution is 5.79. The summed E-state index contributed by atoms with van der Waals surface area (Å²) in [6.07, 6.45) is 4.52. The summed E-state index contributed by atoms with van der Waals surface area (Å²) in [4.78, 5) is 6.53. The summed E-state index contributed by atoms with van der Waals surface area (Å²) in [5.74, 6) is 0.828. The standard InChI is InChI=1S/C21H38N4O2/c1-4-5-16-26-18-19-27-17-14-24-21(22-2)23-13-9-10-15-25(3)20-11-7-6-8-12-20/h6-8,11-12H,4-5,9-10,13-19H2,1-3H3,(H2,22,23,24). The number of para-hydroxylation sites is 1. The Kier molecular flexibility index (Phi) is 14.1. The lowest BCUT2D eigenvalue weighted by atomic mass is 10.2. The molecular formula is C21H38N4O2. The van der Waals surface area contributed by atoms with E-state index in [0.29, 0.717) is 19.8 Å². The third-order valence-corrected chi connectivity index (χ3v) is 4.19. The van der Waals surface area contributed by atoms with Gasteiger partial charge in [-0.2, -0.15) is 0 Å². The van der Waals surface area contributed by atoms with E-state index in [4.69, 9.17) is 9.47 Å². The molecule has 0 amide bonds. The quantitative estimate of drug-likeness (QED) is 0.279. The van der Waals surface area contributed by atoms with Crippen LogP contribution < -0.4 is 15.5 Å². The molecular weight excluding hydrogens is 340 g/mol. The molecule has 1 aromatic carbocycles. The van der Waals surface area contributed by atoms with Crippen molar-refractivity contribution in [2.45, 2.75) is 32.6 Å². The van der Waals surface area contributed by atoms with Crippen LogP contribution in [-0.4, -0.2) is 66.1 Å². The average molecular weight is 379 g/mol. The van der Waals surface area contributed by atoms with Gasteiger partial charge in [0.15, 0.2) is 5.96 Å². The van der Waals surface area contributed by atoms with Crippen LogP contribution >= 0.6 is 0 Å². The summed E-state index contributed by atoms with van der Waals surface area (Å²) in [5, 5.41) is 6.62. The van der Waals surface area contributed by atoms with Gasteiger partial charge in [0.25, 0.3) is 0 Å². The summed E-state index contributed by atoms with van der Waals surface area (Å²) < 4.78 is 11.0. The van der Waals surface area contributed by atoms with E-state index in [1.165, 1.54) is 12.1 Å². The Morgan fingerprint density at radius 2 is 1.63 bits per heavy atom. The van der Waals surface area contributed by atoms with Crippen LogP contribution in [0.5, 0.6) is 0 Å². The fourth-order valence-electron chi connectivity index (χ4n) is 2.52. The van der Waals surface area contributed by atoms with Gasteiger partial charge in [0.2, 0.25) is 0 Å². The number of hydrogen-bond acceptors (Lipinski definition) is 4. The highest BCUT2D eigenvalue weighted by Gasteiger charge is 2.00. The Morgan fingerprint density at radius 1 is 0.926 bits per heavy atom. The molecule has 0 aromatic heterocycles. The zero-order valence-electron chi connectivity index (χ0n) is 17.4. The predicted molar refractivity (Wildman–Crippen MR) is 115 cm³/mol. The summed E-state index contributed by atoms with van der Waals surface area (Å²) in [7, 11) is 3.93. The van der Waals surface area contributed by atoms with Gasteiger partial charge in [0, 0.05) is 46.0 Å². The number of nitrogens with one attached hydrogen (secondary N) is 2. The molecule has 0 aliphatic carbocycles. The van der Waals surface area contributed by atoms with E-state index in [-0.39, 0.29) is 0 Å². The normalized spacial score (nSPS) is 11.4. The monoisotopic (exact) mass is 378 g/mol. The van der Waals surface area contributed by atoms with Crippen molar-refractivity contribution in [1.82, 2.24) is 10.6 Å². The first-order valence-corrected chi connectivity index (χ1v) is 10.1. The maximum absolute atomic E-state index is 5.54. The van der Waals surface area contributed by atoms with Gasteiger partial charge in [-0.15, -0.1) is 0 Å². The second-order valence-corrected chi connectivity index (χ2v) is 6.47. The largest absolute Gasteiger partial charge is 0.379 e. The number of unbranched alkanes of at least 4 members (excludes halogenated alkanes) is 2. The summed E-state index contributed by atoms with van der Waals surface area (Å²) in [6, 6.07) is 10.5. The number of nitrogens with zero attached hydrogens (tertiary/aromatic N) is 2. The second-order valence-electron chi connectivity index (χ2n) is 6.47. The average Bonchev–Trinajstić information content (AvgIpc) is 2.71. The van der Waals surface area contributed by atoms with Gasteiger partial charge < -0.3 is 25.0 Å². The van der Waals surface area contributed by atoms with Crippen LogP contribution in [0.3, 0.4) is 0 Å². The van der Waals surface area contributed by atoms with Gasteiger partial charge in [0.05, 0.1) is 19.8 Å². The first kappa shape index (κ1) is 23.2. The fourth-order valence-corrected chi connectivity index (χ4v) is 2.52. The second kappa shape index (κ2) is 16.4. The molecule has 0 fully saturated rings. The van der Waals surface area contributed by atoms with Crippen molar-refractivity contribution < 1.29 is 9.47 Å². The maximum Gasteiger partial charge on any atom is 0.191 e. The molecule has 0 heterocycles. The molecule has 1 rings (SSSR count). The molecule has 27 heavy (non-hydrogen) atoms. The lowest BCUT2D eigenvalue weighted by molar-refractivity contribution is 0.0487. The molecule has 154 valence electrons. The summed E-state index contributed by atoms with van der Waals surface area (Å²) >= 11 is 0. The van der Waals surface area contributed by atoms with E-state index < -0.39 is 0 Å². The van der Waals surface area contributed by atoms with Crippen LogP contribution in [0.4, 0.5) is 5.69 Å². The van der Waals surface area contributed by atoms with Crippen molar-refractivity contribution in [3.8, 4) is 0 Å². The zero-order chi connectivity index (χ0) is 19.6. The molecule has 6 heteroatoms. The van der Waals surface area contributed by atoms with Crippen molar-refractivity contribution >= 4 is 11.6 Å². The van der Waals surface area contributed by atoms with Crippen LogP contribution in [0.25, 0.3) is 0 Å². The van der Waals surface area contributed by atoms with E-state index in [1.807, 2.05) is 6.07 Å². The molecule has 0 spiro atoms. The van der Waals surface area contributed by atoms with Gasteiger partial charge in [-0.05, 0) is 31.4 Å². The highest BCUT2D eigenvalue weighted by Crippen LogP contribution is 2.11. The first-order chi connectivity index (χ1) is 13.3. The SMILES string of the molecule is CCCCOCCOCCNC(=NC)NCCCCN(C)c1ccccc1. The van der Waals surface area contributed by atoms with Crippen LogP contribution in [-0.2, 0) is 9.47 Å².